The molecule has 2 N–H and O–H groups in total. The Balaban J connectivity index is 1.69. The summed E-state index contributed by atoms with van der Waals surface area (Å²) in [6, 6.07) is 13.2. The van der Waals surface area contributed by atoms with Gasteiger partial charge in [0.1, 0.15) is 5.75 Å². The van der Waals surface area contributed by atoms with Crippen LogP contribution in [0.25, 0.3) is 0 Å². The summed E-state index contributed by atoms with van der Waals surface area (Å²) in [5, 5.41) is 0. The monoisotopic (exact) mass is 267 g/mol. The van der Waals surface area contributed by atoms with Gasteiger partial charge in [-0.2, -0.15) is 0 Å². The summed E-state index contributed by atoms with van der Waals surface area (Å²) in [7, 11) is 0. The molecule has 0 aromatic heterocycles. The van der Waals surface area contributed by atoms with Crippen LogP contribution in [0.4, 0.5) is 5.69 Å². The topological polar surface area (TPSA) is 52.3 Å². The van der Waals surface area contributed by atoms with Gasteiger partial charge in [-0.15, -0.1) is 0 Å². The number of rotatable bonds is 4. The highest BCUT2D eigenvalue weighted by molar-refractivity contribution is 5.97. The van der Waals surface area contributed by atoms with E-state index in [1.165, 1.54) is 17.5 Å². The number of ketones is 1. The third-order valence-electron chi connectivity index (χ3n) is 3.70. The minimum atomic E-state index is -0.0112. The van der Waals surface area contributed by atoms with Crippen LogP contribution in [0.15, 0.2) is 42.5 Å². The van der Waals surface area contributed by atoms with Crippen molar-refractivity contribution in [2.45, 2.75) is 19.3 Å². The number of nitrogen functional groups attached to an aromatic ring is 1. The van der Waals surface area contributed by atoms with Gasteiger partial charge in [-0.25, -0.2) is 0 Å². The Morgan fingerprint density at radius 2 is 1.90 bits per heavy atom. The third-order valence-corrected chi connectivity index (χ3v) is 3.70. The first-order valence-electron chi connectivity index (χ1n) is 6.86. The van der Waals surface area contributed by atoms with Crippen LogP contribution < -0.4 is 10.5 Å². The van der Waals surface area contributed by atoms with Crippen LogP contribution in [-0.2, 0) is 12.8 Å². The molecule has 0 spiro atoms. The van der Waals surface area contributed by atoms with E-state index in [4.69, 9.17) is 10.5 Å². The van der Waals surface area contributed by atoms with Gasteiger partial charge in [0.2, 0.25) is 0 Å². The number of Topliss-reactive ketones (excluding diaryl/α,β-unsaturated/α-hetero) is 1. The summed E-state index contributed by atoms with van der Waals surface area (Å²) in [6.07, 6.45) is 3.38. The summed E-state index contributed by atoms with van der Waals surface area (Å²) in [5.41, 5.74) is 9.73. The van der Waals surface area contributed by atoms with Crippen LogP contribution in [0.5, 0.6) is 5.75 Å². The van der Waals surface area contributed by atoms with E-state index >= 15 is 0 Å². The lowest BCUT2D eigenvalue weighted by molar-refractivity contribution is 0.0922. The standard InChI is InChI=1S/C17H17NO2/c18-15-6-1-2-7-17(15)20-11-16(19)14-9-8-12-4-3-5-13(12)10-14/h1-2,6-10H,3-5,11,18H2. The molecule has 2 aromatic carbocycles. The van der Waals surface area contributed by atoms with Gasteiger partial charge in [0.25, 0.3) is 0 Å². The molecule has 0 radical (unpaired) electrons. The number of carbonyl (C=O) groups excluding carboxylic acids is 1. The number of para-hydroxylation sites is 2. The molecule has 3 nitrogen and oxygen atoms in total. The lowest BCUT2D eigenvalue weighted by Crippen LogP contribution is -2.12. The molecule has 0 unspecified atom stereocenters. The molecular formula is C17H17NO2. The number of nitrogens with two attached hydrogens (primary N) is 1. The quantitative estimate of drug-likeness (QED) is 0.684. The van der Waals surface area contributed by atoms with E-state index in [1.54, 1.807) is 12.1 Å². The third kappa shape index (κ3) is 2.52. The van der Waals surface area contributed by atoms with Crippen LogP contribution in [0.3, 0.4) is 0 Å². The SMILES string of the molecule is Nc1ccccc1OCC(=O)c1ccc2c(c1)CCC2. The molecule has 0 fully saturated rings. The van der Waals surface area contributed by atoms with Crippen LogP contribution >= 0.6 is 0 Å². The average molecular weight is 267 g/mol. The van der Waals surface area contributed by atoms with Crippen molar-refractivity contribution in [3.63, 3.8) is 0 Å². The second-order valence-corrected chi connectivity index (χ2v) is 5.09. The van der Waals surface area contributed by atoms with Gasteiger partial charge in [0.05, 0.1) is 5.69 Å². The van der Waals surface area contributed by atoms with Crippen molar-refractivity contribution in [3.8, 4) is 5.75 Å². The number of ether oxygens (including phenoxy) is 1. The van der Waals surface area contributed by atoms with E-state index in [9.17, 15) is 4.79 Å². The molecular weight excluding hydrogens is 250 g/mol. The van der Waals surface area contributed by atoms with Crippen molar-refractivity contribution in [2.24, 2.45) is 0 Å². The Morgan fingerprint density at radius 3 is 2.75 bits per heavy atom. The van der Waals surface area contributed by atoms with Crippen molar-refractivity contribution in [1.29, 1.82) is 0 Å². The first-order chi connectivity index (χ1) is 9.74. The number of anilines is 1. The van der Waals surface area contributed by atoms with Gasteiger partial charge in [0.15, 0.2) is 12.4 Å². The maximum absolute atomic E-state index is 12.2. The predicted octanol–water partition coefficient (Wildman–Crippen LogP) is 3.02. The van der Waals surface area contributed by atoms with E-state index < -0.39 is 0 Å². The zero-order valence-corrected chi connectivity index (χ0v) is 11.3. The van der Waals surface area contributed by atoms with Gasteiger partial charge in [-0.3, -0.25) is 4.79 Å². The first kappa shape index (κ1) is 12.7. The normalized spacial score (nSPS) is 13.0. The minimum Gasteiger partial charge on any atom is -0.483 e. The Bertz CT molecular complexity index is 649. The van der Waals surface area contributed by atoms with Crippen molar-refractivity contribution >= 4 is 11.5 Å². The molecule has 0 heterocycles. The molecule has 2 aromatic rings. The molecule has 20 heavy (non-hydrogen) atoms. The second kappa shape index (κ2) is 5.37. The highest BCUT2D eigenvalue weighted by Gasteiger charge is 2.14. The molecule has 3 heteroatoms. The minimum absolute atomic E-state index is 0.0112. The van der Waals surface area contributed by atoms with E-state index in [0.29, 0.717) is 11.4 Å². The number of aryl methyl sites for hydroxylation is 2. The second-order valence-electron chi connectivity index (χ2n) is 5.09. The Kier molecular flexibility index (Phi) is 3.42. The molecule has 0 atom stereocenters. The van der Waals surface area contributed by atoms with E-state index in [2.05, 4.69) is 6.07 Å². The van der Waals surface area contributed by atoms with Crippen LogP contribution in [0, 0.1) is 0 Å². The van der Waals surface area contributed by atoms with E-state index in [0.717, 1.165) is 18.4 Å². The van der Waals surface area contributed by atoms with Crippen LogP contribution in [-0.4, -0.2) is 12.4 Å². The first-order valence-corrected chi connectivity index (χ1v) is 6.86. The molecule has 0 amide bonds. The van der Waals surface area contributed by atoms with Gasteiger partial charge in [0, 0.05) is 5.56 Å². The zero-order chi connectivity index (χ0) is 13.9. The van der Waals surface area contributed by atoms with Gasteiger partial charge >= 0.3 is 0 Å². The lowest BCUT2D eigenvalue weighted by atomic mass is 10.0. The Morgan fingerprint density at radius 1 is 1.10 bits per heavy atom. The number of fused-ring (bicyclic) bond motifs is 1. The van der Waals surface area contributed by atoms with E-state index in [1.807, 2.05) is 24.3 Å². The molecule has 0 bridgehead atoms. The maximum Gasteiger partial charge on any atom is 0.200 e. The number of hydrogen-bond donors (Lipinski definition) is 1. The Labute approximate surface area is 118 Å². The lowest BCUT2D eigenvalue weighted by Gasteiger charge is -2.08. The highest BCUT2D eigenvalue weighted by Crippen LogP contribution is 2.24. The van der Waals surface area contributed by atoms with Crippen LogP contribution in [0.1, 0.15) is 27.9 Å². The average Bonchev–Trinajstić information content (AvgIpc) is 2.93. The fourth-order valence-electron chi connectivity index (χ4n) is 2.58. The van der Waals surface area contributed by atoms with Crippen molar-refractivity contribution in [3.05, 3.63) is 59.2 Å². The fraction of sp³-hybridized carbons (Fsp3) is 0.235. The molecule has 0 saturated carbocycles. The summed E-state index contributed by atoms with van der Waals surface area (Å²) in [5.74, 6) is 0.546. The molecule has 1 aliphatic rings. The Hall–Kier alpha value is -2.29. The highest BCUT2D eigenvalue weighted by atomic mass is 16.5. The van der Waals surface area contributed by atoms with E-state index in [-0.39, 0.29) is 12.4 Å². The van der Waals surface area contributed by atoms with Crippen LogP contribution in [0.2, 0.25) is 0 Å². The zero-order valence-electron chi connectivity index (χ0n) is 11.3. The van der Waals surface area contributed by atoms with Gasteiger partial charge in [-0.05, 0) is 48.6 Å². The van der Waals surface area contributed by atoms with Crippen molar-refractivity contribution in [2.75, 3.05) is 12.3 Å². The van der Waals surface area contributed by atoms with Crippen molar-refractivity contribution < 1.29 is 9.53 Å². The summed E-state index contributed by atoms with van der Waals surface area (Å²) in [6.45, 7) is 0.0208. The predicted molar refractivity (Wildman–Crippen MR) is 79.1 cm³/mol. The number of benzene rings is 2. The van der Waals surface area contributed by atoms with Crippen molar-refractivity contribution in [1.82, 2.24) is 0 Å². The summed E-state index contributed by atoms with van der Waals surface area (Å²) >= 11 is 0. The summed E-state index contributed by atoms with van der Waals surface area (Å²) < 4.78 is 5.50. The molecule has 102 valence electrons. The smallest absolute Gasteiger partial charge is 0.200 e. The molecule has 0 saturated heterocycles. The molecule has 1 aliphatic carbocycles. The number of carbonyl (C=O) groups is 1. The number of hydrogen-bond acceptors (Lipinski definition) is 3. The maximum atomic E-state index is 12.2. The van der Waals surface area contributed by atoms with Gasteiger partial charge in [-0.1, -0.05) is 24.3 Å². The van der Waals surface area contributed by atoms with Gasteiger partial charge < -0.3 is 10.5 Å². The summed E-state index contributed by atoms with van der Waals surface area (Å²) in [4.78, 5) is 12.2. The molecule has 3 rings (SSSR count). The fourth-order valence-corrected chi connectivity index (χ4v) is 2.58. The molecule has 0 aliphatic heterocycles. The largest absolute Gasteiger partial charge is 0.483 e.